The zero-order chi connectivity index (χ0) is 21.2. The minimum atomic E-state index is -2.17. The third kappa shape index (κ3) is 4.76. The molecule has 1 aliphatic carbocycles. The van der Waals surface area contributed by atoms with Crippen molar-refractivity contribution in [1.82, 2.24) is 10.6 Å². The van der Waals surface area contributed by atoms with Gasteiger partial charge in [-0.05, 0) is 25.1 Å². The first kappa shape index (κ1) is 22.0. The predicted octanol–water partition coefficient (Wildman–Crippen LogP) is -1.19. The van der Waals surface area contributed by atoms with Gasteiger partial charge < -0.3 is 31.7 Å². The number of nitrogens with one attached hydrogen (secondary N) is 2. The third-order valence-electron chi connectivity index (χ3n) is 4.61. The Labute approximate surface area is 164 Å². The number of benzene rings is 1. The van der Waals surface area contributed by atoms with E-state index in [9.17, 15) is 34.1 Å². The van der Waals surface area contributed by atoms with E-state index in [-0.39, 0.29) is 10.6 Å². The fourth-order valence-electron chi connectivity index (χ4n) is 2.92. The zero-order valence-electron chi connectivity index (χ0n) is 14.9. The number of halogens is 2. The molecule has 1 saturated carbocycles. The Bertz CT molecular complexity index is 794. The number of aliphatic hydroxyl groups excluding tert-OH is 2. The van der Waals surface area contributed by atoms with Crippen molar-refractivity contribution in [2.45, 2.75) is 49.7 Å². The van der Waals surface area contributed by atoms with Crippen molar-refractivity contribution >= 4 is 29.3 Å². The lowest BCUT2D eigenvalue weighted by Crippen LogP contribution is -2.64. The zero-order valence-corrected chi connectivity index (χ0v) is 15.6. The third-order valence-corrected chi connectivity index (χ3v) is 4.90. The smallest absolute Gasteiger partial charge is 0.252 e. The molecule has 0 radical (unpaired) electrons. The van der Waals surface area contributed by atoms with Crippen LogP contribution in [0, 0.1) is 5.82 Å². The highest BCUT2D eigenvalue weighted by Crippen LogP contribution is 2.30. The molecule has 1 aliphatic rings. The first-order valence-electron chi connectivity index (χ1n) is 8.39. The first-order chi connectivity index (χ1) is 12.9. The highest BCUT2D eigenvalue weighted by molar-refractivity contribution is 6.31. The van der Waals surface area contributed by atoms with E-state index in [0.717, 1.165) is 18.2 Å². The standard InChI is InChI=1S/C17H21ClFN3O6/c1-7(14(20)25)21-16(27)17(28)5-11(13(24)12(23)6-17)22-15(26)8-2-3-10(19)9(18)4-8/h2-4,7,11-13,23-24,28H,5-6H2,1H3,(H2,20,25)(H,21,27)(H,22,26)/t7-,11+,12-,13-,17+/m1/s1. The molecular formula is C17H21ClFN3O6. The number of carbonyl (C=O) groups is 3. The molecule has 0 heterocycles. The van der Waals surface area contributed by atoms with Gasteiger partial charge >= 0.3 is 0 Å². The molecule has 1 fully saturated rings. The molecule has 154 valence electrons. The lowest BCUT2D eigenvalue weighted by molar-refractivity contribution is -0.158. The molecule has 7 N–H and O–H groups in total. The number of rotatable bonds is 5. The summed E-state index contributed by atoms with van der Waals surface area (Å²) in [5, 5.41) is 35.1. The Hall–Kier alpha value is -2.27. The van der Waals surface area contributed by atoms with Gasteiger partial charge in [0.25, 0.3) is 11.8 Å². The summed E-state index contributed by atoms with van der Waals surface area (Å²) in [5.41, 5.74) is 2.88. The van der Waals surface area contributed by atoms with Gasteiger partial charge in [-0.2, -0.15) is 0 Å². The summed E-state index contributed by atoms with van der Waals surface area (Å²) < 4.78 is 13.2. The molecule has 5 atom stereocenters. The summed E-state index contributed by atoms with van der Waals surface area (Å²) in [6.45, 7) is 1.31. The average molecular weight is 418 g/mol. The van der Waals surface area contributed by atoms with E-state index >= 15 is 0 Å². The molecule has 0 unspecified atom stereocenters. The summed E-state index contributed by atoms with van der Waals surface area (Å²) >= 11 is 5.64. The van der Waals surface area contributed by atoms with Gasteiger partial charge in [-0.3, -0.25) is 14.4 Å². The summed E-state index contributed by atoms with van der Waals surface area (Å²) in [7, 11) is 0. The molecule has 11 heteroatoms. The molecule has 3 amide bonds. The maximum absolute atomic E-state index is 13.2. The van der Waals surface area contributed by atoms with Crippen LogP contribution in [0.15, 0.2) is 18.2 Å². The molecule has 0 aliphatic heterocycles. The van der Waals surface area contributed by atoms with E-state index in [2.05, 4.69) is 10.6 Å². The molecule has 9 nitrogen and oxygen atoms in total. The predicted molar refractivity (Wildman–Crippen MR) is 95.7 cm³/mol. The molecule has 28 heavy (non-hydrogen) atoms. The van der Waals surface area contributed by atoms with Gasteiger partial charge in [0.15, 0.2) is 0 Å². The van der Waals surface area contributed by atoms with E-state index in [4.69, 9.17) is 17.3 Å². The van der Waals surface area contributed by atoms with Gasteiger partial charge in [-0.15, -0.1) is 0 Å². The van der Waals surface area contributed by atoms with Crippen LogP contribution >= 0.6 is 11.6 Å². The van der Waals surface area contributed by atoms with E-state index in [1.165, 1.54) is 6.92 Å². The van der Waals surface area contributed by atoms with Crippen LogP contribution in [0.1, 0.15) is 30.1 Å². The fourth-order valence-corrected chi connectivity index (χ4v) is 3.10. The Kier molecular flexibility index (Phi) is 6.60. The number of primary amides is 1. The highest BCUT2D eigenvalue weighted by atomic mass is 35.5. The molecule has 0 bridgehead atoms. The van der Waals surface area contributed by atoms with Crippen molar-refractivity contribution in [2.75, 3.05) is 0 Å². The maximum atomic E-state index is 13.2. The van der Waals surface area contributed by atoms with E-state index in [0.29, 0.717) is 0 Å². The van der Waals surface area contributed by atoms with Gasteiger partial charge in [0.05, 0.1) is 17.2 Å². The topological polar surface area (TPSA) is 162 Å². The SMILES string of the molecule is C[C@@H](NC(=O)[C@@]1(O)C[C@@H](O)[C@H](O)[C@@H](NC(=O)c2ccc(F)c(Cl)c2)C1)C(N)=O. The number of hydrogen-bond donors (Lipinski definition) is 6. The second-order valence-corrected chi connectivity index (χ2v) is 7.21. The van der Waals surface area contributed by atoms with Crippen LogP contribution in [0.2, 0.25) is 5.02 Å². The summed E-state index contributed by atoms with van der Waals surface area (Å²) in [6.07, 6.45) is -3.96. The average Bonchev–Trinajstić information content (AvgIpc) is 2.61. The minimum absolute atomic E-state index is 0.0194. The van der Waals surface area contributed by atoms with Crippen molar-refractivity contribution in [3.8, 4) is 0 Å². The summed E-state index contributed by atoms with van der Waals surface area (Å²) in [6, 6.07) is 0.939. The Morgan fingerprint density at radius 3 is 2.54 bits per heavy atom. The lowest BCUT2D eigenvalue weighted by atomic mass is 9.77. The van der Waals surface area contributed by atoms with Gasteiger partial charge in [0.2, 0.25) is 5.91 Å². The lowest BCUT2D eigenvalue weighted by Gasteiger charge is -2.41. The van der Waals surface area contributed by atoms with Gasteiger partial charge in [0.1, 0.15) is 23.6 Å². The van der Waals surface area contributed by atoms with Gasteiger partial charge in [-0.1, -0.05) is 11.6 Å². The maximum Gasteiger partial charge on any atom is 0.252 e. The number of nitrogens with two attached hydrogens (primary N) is 1. The van der Waals surface area contributed by atoms with Crippen LogP contribution in [-0.2, 0) is 9.59 Å². The largest absolute Gasteiger partial charge is 0.390 e. The summed E-state index contributed by atoms with van der Waals surface area (Å²) in [5.74, 6) is -3.28. The molecule has 0 saturated heterocycles. The van der Waals surface area contributed by atoms with Crippen LogP contribution in [0.3, 0.4) is 0 Å². The van der Waals surface area contributed by atoms with Gasteiger partial charge in [-0.25, -0.2) is 4.39 Å². The molecule has 1 aromatic rings. The van der Waals surface area contributed by atoms with Crippen LogP contribution in [0.4, 0.5) is 4.39 Å². The van der Waals surface area contributed by atoms with Crippen LogP contribution in [-0.4, -0.2) is 62.9 Å². The Morgan fingerprint density at radius 2 is 1.96 bits per heavy atom. The summed E-state index contributed by atoms with van der Waals surface area (Å²) in [4.78, 5) is 35.8. The van der Waals surface area contributed by atoms with Crippen molar-refractivity contribution < 1.29 is 34.1 Å². The van der Waals surface area contributed by atoms with Crippen molar-refractivity contribution in [3.05, 3.63) is 34.6 Å². The van der Waals surface area contributed by atoms with E-state index < -0.39 is 66.3 Å². The normalized spacial score (nSPS) is 28.3. The van der Waals surface area contributed by atoms with Crippen LogP contribution in [0.25, 0.3) is 0 Å². The van der Waals surface area contributed by atoms with Crippen molar-refractivity contribution in [3.63, 3.8) is 0 Å². The number of carbonyl (C=O) groups excluding carboxylic acids is 3. The Morgan fingerprint density at radius 1 is 1.32 bits per heavy atom. The van der Waals surface area contributed by atoms with Crippen LogP contribution < -0.4 is 16.4 Å². The number of aliphatic hydroxyl groups is 3. The minimum Gasteiger partial charge on any atom is -0.390 e. The molecular weight excluding hydrogens is 397 g/mol. The monoisotopic (exact) mass is 417 g/mol. The molecule has 1 aromatic carbocycles. The molecule has 0 aromatic heterocycles. The fraction of sp³-hybridized carbons (Fsp3) is 0.471. The van der Waals surface area contributed by atoms with Crippen LogP contribution in [0.5, 0.6) is 0 Å². The van der Waals surface area contributed by atoms with Crippen molar-refractivity contribution in [1.29, 1.82) is 0 Å². The van der Waals surface area contributed by atoms with Gasteiger partial charge in [0, 0.05) is 18.4 Å². The Balaban J connectivity index is 2.16. The highest BCUT2D eigenvalue weighted by Gasteiger charge is 2.49. The van der Waals surface area contributed by atoms with E-state index in [1.807, 2.05) is 0 Å². The van der Waals surface area contributed by atoms with E-state index in [1.54, 1.807) is 0 Å². The first-order valence-corrected chi connectivity index (χ1v) is 8.77. The second kappa shape index (κ2) is 8.39. The number of hydrogen-bond acceptors (Lipinski definition) is 6. The molecule has 0 spiro atoms. The number of amides is 3. The quantitative estimate of drug-likeness (QED) is 0.353. The second-order valence-electron chi connectivity index (χ2n) is 6.80. The van der Waals surface area contributed by atoms with Crippen molar-refractivity contribution in [2.24, 2.45) is 5.73 Å². The molecule has 2 rings (SSSR count).